The van der Waals surface area contributed by atoms with Gasteiger partial charge >= 0.3 is 5.69 Å². The molecule has 0 amide bonds. The molecule has 0 fully saturated rings. The first-order chi connectivity index (χ1) is 14.5. The molecule has 0 saturated heterocycles. The van der Waals surface area contributed by atoms with E-state index in [0.29, 0.717) is 41.5 Å². The summed E-state index contributed by atoms with van der Waals surface area (Å²) in [5.74, 6) is 1.82. The van der Waals surface area contributed by atoms with Crippen LogP contribution in [0.4, 0.5) is 0 Å². The van der Waals surface area contributed by atoms with Crippen molar-refractivity contribution in [2.75, 3.05) is 14.2 Å². The van der Waals surface area contributed by atoms with E-state index in [1.165, 1.54) is 9.13 Å². The average Bonchev–Trinajstić information content (AvgIpc) is 3.08. The van der Waals surface area contributed by atoms with Crippen molar-refractivity contribution in [3.05, 3.63) is 63.1 Å². The Bertz CT molecular complexity index is 1230. The van der Waals surface area contributed by atoms with Gasteiger partial charge < -0.3 is 14.0 Å². The molecular formula is C22H26N4O4. The normalized spacial score (nSPS) is 11.3. The molecule has 0 radical (unpaired) electrons. The van der Waals surface area contributed by atoms with Crippen molar-refractivity contribution in [3.63, 3.8) is 0 Å². The van der Waals surface area contributed by atoms with Gasteiger partial charge in [-0.1, -0.05) is 25.1 Å². The van der Waals surface area contributed by atoms with Crippen LogP contribution >= 0.6 is 0 Å². The summed E-state index contributed by atoms with van der Waals surface area (Å²) < 4.78 is 15.0. The van der Waals surface area contributed by atoms with Crippen LogP contribution in [0.25, 0.3) is 23.3 Å². The van der Waals surface area contributed by atoms with E-state index in [1.54, 1.807) is 38.0 Å². The summed E-state index contributed by atoms with van der Waals surface area (Å²) in [6.07, 6.45) is 5.96. The first-order valence-electron chi connectivity index (χ1n) is 9.67. The number of allylic oxidation sites excluding steroid dienone is 1. The molecule has 0 unspecified atom stereocenters. The number of nitrogens with zero attached hydrogens (tertiary/aromatic N) is 4. The quantitative estimate of drug-likeness (QED) is 0.534. The number of fused-ring (bicyclic) bond motifs is 1. The first kappa shape index (κ1) is 21.2. The number of rotatable bonds is 8. The number of ether oxygens (including phenoxy) is 2. The van der Waals surface area contributed by atoms with Crippen molar-refractivity contribution in [1.29, 1.82) is 0 Å². The highest BCUT2D eigenvalue weighted by atomic mass is 16.5. The number of hydrogen-bond donors (Lipinski definition) is 0. The molecule has 30 heavy (non-hydrogen) atoms. The van der Waals surface area contributed by atoms with Gasteiger partial charge in [-0.25, -0.2) is 9.78 Å². The molecule has 0 spiro atoms. The second kappa shape index (κ2) is 8.86. The highest BCUT2D eigenvalue weighted by Gasteiger charge is 2.18. The Hall–Kier alpha value is -3.55. The summed E-state index contributed by atoms with van der Waals surface area (Å²) in [5, 5.41) is 0. The van der Waals surface area contributed by atoms with Crippen LogP contribution in [-0.4, -0.2) is 32.9 Å². The van der Waals surface area contributed by atoms with Crippen molar-refractivity contribution in [1.82, 2.24) is 18.7 Å². The fourth-order valence-electron chi connectivity index (χ4n) is 3.37. The molecule has 0 aliphatic heterocycles. The van der Waals surface area contributed by atoms with Gasteiger partial charge in [0.05, 0.1) is 14.2 Å². The van der Waals surface area contributed by atoms with Gasteiger partial charge in [0.2, 0.25) is 0 Å². The largest absolute Gasteiger partial charge is 0.493 e. The van der Waals surface area contributed by atoms with Crippen molar-refractivity contribution in [2.24, 2.45) is 7.05 Å². The third kappa shape index (κ3) is 3.68. The van der Waals surface area contributed by atoms with Gasteiger partial charge in [0.25, 0.3) is 5.56 Å². The predicted molar refractivity (Wildman–Crippen MR) is 118 cm³/mol. The lowest BCUT2D eigenvalue weighted by Gasteiger charge is -2.09. The Kier molecular flexibility index (Phi) is 6.25. The van der Waals surface area contributed by atoms with Crippen molar-refractivity contribution >= 4 is 23.3 Å². The second-order valence-corrected chi connectivity index (χ2v) is 6.79. The van der Waals surface area contributed by atoms with Crippen molar-refractivity contribution < 1.29 is 9.47 Å². The van der Waals surface area contributed by atoms with Crippen LogP contribution in [0.5, 0.6) is 11.5 Å². The van der Waals surface area contributed by atoms with Crippen molar-refractivity contribution in [3.8, 4) is 11.5 Å². The zero-order chi connectivity index (χ0) is 21.8. The number of benzene rings is 1. The maximum Gasteiger partial charge on any atom is 0.333 e. The molecular weight excluding hydrogens is 384 g/mol. The molecule has 3 rings (SSSR count). The zero-order valence-corrected chi connectivity index (χ0v) is 17.7. The second-order valence-electron chi connectivity index (χ2n) is 6.79. The van der Waals surface area contributed by atoms with Gasteiger partial charge in [-0.15, -0.1) is 6.58 Å². The lowest BCUT2D eigenvalue weighted by molar-refractivity contribution is 0.355. The summed E-state index contributed by atoms with van der Waals surface area (Å²) in [6.45, 7) is 6.27. The molecule has 0 aliphatic carbocycles. The van der Waals surface area contributed by atoms with Crippen LogP contribution < -0.4 is 20.7 Å². The van der Waals surface area contributed by atoms with Gasteiger partial charge in [-0.05, 0) is 30.2 Å². The molecule has 0 saturated carbocycles. The first-order valence-corrected chi connectivity index (χ1v) is 9.67. The van der Waals surface area contributed by atoms with Crippen LogP contribution in [0.15, 0.2) is 40.4 Å². The van der Waals surface area contributed by atoms with Gasteiger partial charge in [-0.3, -0.25) is 13.9 Å². The Balaban J connectivity index is 2.15. The van der Waals surface area contributed by atoms with E-state index in [0.717, 1.165) is 5.56 Å². The number of aromatic nitrogens is 4. The molecule has 0 bridgehead atoms. The fourth-order valence-corrected chi connectivity index (χ4v) is 3.37. The van der Waals surface area contributed by atoms with Gasteiger partial charge in [0.15, 0.2) is 22.7 Å². The molecule has 8 nitrogen and oxygen atoms in total. The standard InChI is InChI=1S/C22H26N4O4/c1-6-12-25-20-19(21(27)26(13-7-2)22(25)28)24(3)18(23-20)11-9-15-8-10-16(29-4)17(14-15)30-5/h6,8-11,14H,1,7,12-13H2,2-5H3/b11-9+. The van der Waals surface area contributed by atoms with E-state index in [-0.39, 0.29) is 17.8 Å². The Labute approximate surface area is 174 Å². The molecule has 8 heteroatoms. The minimum absolute atomic E-state index is 0.273. The third-order valence-electron chi connectivity index (χ3n) is 4.87. The zero-order valence-electron chi connectivity index (χ0n) is 17.7. The molecule has 0 atom stereocenters. The van der Waals surface area contributed by atoms with E-state index in [9.17, 15) is 9.59 Å². The number of aryl methyl sites for hydroxylation is 1. The highest BCUT2D eigenvalue weighted by molar-refractivity contribution is 5.77. The lowest BCUT2D eigenvalue weighted by atomic mass is 10.2. The monoisotopic (exact) mass is 410 g/mol. The minimum atomic E-state index is -0.372. The maximum atomic E-state index is 13.0. The van der Waals surface area contributed by atoms with Crippen LogP contribution in [0, 0.1) is 0 Å². The van der Waals surface area contributed by atoms with E-state index >= 15 is 0 Å². The Morgan fingerprint density at radius 3 is 2.47 bits per heavy atom. The summed E-state index contributed by atoms with van der Waals surface area (Å²) in [5.41, 5.74) is 0.913. The van der Waals surface area contributed by atoms with E-state index in [2.05, 4.69) is 11.6 Å². The van der Waals surface area contributed by atoms with E-state index < -0.39 is 0 Å². The van der Waals surface area contributed by atoms with Crippen LogP contribution in [0.3, 0.4) is 0 Å². The number of hydrogen-bond acceptors (Lipinski definition) is 5. The van der Waals surface area contributed by atoms with Gasteiger partial charge in [-0.2, -0.15) is 0 Å². The molecule has 3 aromatic rings. The van der Waals surface area contributed by atoms with E-state index in [1.807, 2.05) is 31.2 Å². The topological polar surface area (TPSA) is 80.3 Å². The summed E-state index contributed by atoms with van der Waals surface area (Å²) in [4.78, 5) is 30.3. The molecule has 1 aromatic carbocycles. The lowest BCUT2D eigenvalue weighted by Crippen LogP contribution is -2.40. The summed E-state index contributed by atoms with van der Waals surface area (Å²) in [6, 6.07) is 5.56. The smallest absolute Gasteiger partial charge is 0.333 e. The van der Waals surface area contributed by atoms with Crippen molar-refractivity contribution in [2.45, 2.75) is 26.4 Å². The van der Waals surface area contributed by atoms with Gasteiger partial charge in [0.1, 0.15) is 5.82 Å². The van der Waals surface area contributed by atoms with Crippen LogP contribution in [0.1, 0.15) is 24.7 Å². The van der Waals surface area contributed by atoms with E-state index in [4.69, 9.17) is 9.47 Å². The number of imidazole rings is 1. The molecule has 0 N–H and O–H groups in total. The SMILES string of the molecule is C=CCn1c(=O)n(CCC)c(=O)c2c1nc(/C=C/c1ccc(OC)c(OC)c1)n2C. The fraction of sp³-hybridized carbons (Fsp3) is 0.318. The summed E-state index contributed by atoms with van der Waals surface area (Å²) >= 11 is 0. The average molecular weight is 410 g/mol. The molecule has 158 valence electrons. The Morgan fingerprint density at radius 2 is 1.83 bits per heavy atom. The van der Waals surface area contributed by atoms with Crippen LogP contribution in [-0.2, 0) is 20.1 Å². The number of methoxy groups -OCH3 is 2. The predicted octanol–water partition coefficient (Wildman–Crippen LogP) is 2.68. The minimum Gasteiger partial charge on any atom is -0.493 e. The highest BCUT2D eigenvalue weighted by Crippen LogP contribution is 2.28. The molecule has 0 aliphatic rings. The van der Waals surface area contributed by atoms with Crippen LogP contribution in [0.2, 0.25) is 0 Å². The third-order valence-corrected chi connectivity index (χ3v) is 4.87. The molecule has 2 aromatic heterocycles. The Morgan fingerprint density at radius 1 is 1.10 bits per heavy atom. The maximum absolute atomic E-state index is 13.0. The van der Waals surface area contributed by atoms with Gasteiger partial charge in [0, 0.05) is 20.1 Å². The summed E-state index contributed by atoms with van der Waals surface area (Å²) in [7, 11) is 4.93. The molecule has 2 heterocycles.